The number of amides is 2. The molecule has 3 heterocycles. The van der Waals surface area contributed by atoms with Crippen LogP contribution in [-0.2, 0) is 22.7 Å². The van der Waals surface area contributed by atoms with E-state index in [0.29, 0.717) is 32.2 Å². The summed E-state index contributed by atoms with van der Waals surface area (Å²) in [4.78, 5) is 26.8. The normalized spacial score (nSPS) is 14.7. The van der Waals surface area contributed by atoms with E-state index < -0.39 is 0 Å². The van der Waals surface area contributed by atoms with Crippen molar-refractivity contribution in [1.29, 1.82) is 0 Å². The third-order valence-electron chi connectivity index (χ3n) is 4.65. The molecule has 1 aliphatic rings. The molecule has 2 amide bonds. The van der Waals surface area contributed by atoms with Crippen molar-refractivity contribution >= 4 is 46.2 Å². The molecule has 0 aliphatic carbocycles. The molecule has 8 nitrogen and oxygen atoms in total. The third kappa shape index (κ3) is 5.65. The summed E-state index contributed by atoms with van der Waals surface area (Å²) in [5.74, 6) is 1.68. The van der Waals surface area contributed by atoms with Crippen molar-refractivity contribution in [1.82, 2.24) is 10.2 Å². The lowest BCUT2D eigenvalue weighted by Gasteiger charge is -2.12. The van der Waals surface area contributed by atoms with E-state index in [0.717, 1.165) is 5.56 Å². The number of thioether (sulfide) groups is 1. The molecule has 1 fully saturated rings. The highest BCUT2D eigenvalue weighted by molar-refractivity contribution is 8.26. The highest BCUT2D eigenvalue weighted by Gasteiger charge is 2.32. The zero-order valence-electron chi connectivity index (χ0n) is 17.6. The number of benzene rings is 1. The Morgan fingerprint density at radius 1 is 1.15 bits per heavy atom. The number of nitrogens with one attached hydrogen (secondary N) is 1. The van der Waals surface area contributed by atoms with Gasteiger partial charge in [-0.05, 0) is 48.0 Å². The average Bonchev–Trinajstić information content (AvgIpc) is 3.57. The Bertz CT molecular complexity index is 1170. The summed E-state index contributed by atoms with van der Waals surface area (Å²) in [7, 11) is 1.51. The minimum atomic E-state index is -0.294. The summed E-state index contributed by atoms with van der Waals surface area (Å²) in [5, 5.41) is 2.71. The molecule has 0 radical (unpaired) electrons. The molecule has 0 saturated carbocycles. The van der Waals surface area contributed by atoms with Crippen LogP contribution in [0.25, 0.3) is 6.08 Å². The zero-order chi connectivity index (χ0) is 23.2. The summed E-state index contributed by atoms with van der Waals surface area (Å²) in [6.45, 7) is 0.387. The van der Waals surface area contributed by atoms with Crippen LogP contribution in [0.4, 0.5) is 0 Å². The Balaban J connectivity index is 1.39. The van der Waals surface area contributed by atoms with Gasteiger partial charge >= 0.3 is 0 Å². The lowest BCUT2D eigenvalue weighted by molar-refractivity contribution is -0.123. The van der Waals surface area contributed by atoms with Gasteiger partial charge in [0.15, 0.2) is 18.1 Å². The molecule has 4 rings (SSSR count). The zero-order valence-corrected chi connectivity index (χ0v) is 19.2. The number of nitrogens with zero attached hydrogens (tertiary/aromatic N) is 1. The van der Waals surface area contributed by atoms with Gasteiger partial charge in [0, 0.05) is 0 Å². The Kier molecular flexibility index (Phi) is 7.16. The summed E-state index contributed by atoms with van der Waals surface area (Å²) >= 11 is 6.59. The molecular formula is C23H20N2O6S2. The van der Waals surface area contributed by atoms with Crippen LogP contribution in [0.15, 0.2) is 68.7 Å². The Labute approximate surface area is 199 Å². The van der Waals surface area contributed by atoms with E-state index in [1.165, 1.54) is 23.8 Å². The predicted molar refractivity (Wildman–Crippen MR) is 126 cm³/mol. The third-order valence-corrected chi connectivity index (χ3v) is 6.03. The van der Waals surface area contributed by atoms with Crippen molar-refractivity contribution in [2.24, 2.45) is 0 Å². The average molecular weight is 485 g/mol. The number of thiocarbonyl (C=S) groups is 1. The molecule has 0 spiro atoms. The number of rotatable bonds is 9. The number of hydrogen-bond acceptors (Lipinski definition) is 8. The largest absolute Gasteiger partial charge is 0.493 e. The number of carbonyl (C=O) groups is 2. The first-order chi connectivity index (χ1) is 16.0. The van der Waals surface area contributed by atoms with Gasteiger partial charge in [0.1, 0.15) is 15.8 Å². The fourth-order valence-corrected chi connectivity index (χ4v) is 4.29. The van der Waals surface area contributed by atoms with E-state index in [1.54, 1.807) is 61.1 Å². The molecule has 1 N–H and O–H groups in total. The minimum Gasteiger partial charge on any atom is -0.493 e. The molecule has 0 atom stereocenters. The van der Waals surface area contributed by atoms with Gasteiger partial charge in [0.25, 0.3) is 11.8 Å². The SMILES string of the molecule is COc1cc(/C=C2\SC(=S)N(Cc3ccco3)C2=O)ccc1OCC(=O)NCc1ccco1. The quantitative estimate of drug-likeness (QED) is 0.360. The van der Waals surface area contributed by atoms with E-state index in [1.807, 2.05) is 0 Å². The van der Waals surface area contributed by atoms with Gasteiger partial charge in [-0.15, -0.1) is 0 Å². The number of ether oxygens (including phenoxy) is 2. The van der Waals surface area contributed by atoms with Gasteiger partial charge in [-0.3, -0.25) is 14.5 Å². The number of hydrogen-bond donors (Lipinski definition) is 1. The monoisotopic (exact) mass is 484 g/mol. The van der Waals surface area contributed by atoms with Crippen molar-refractivity contribution in [3.63, 3.8) is 0 Å². The second-order valence-corrected chi connectivity index (χ2v) is 8.58. The van der Waals surface area contributed by atoms with Crippen LogP contribution in [0, 0.1) is 0 Å². The Hall–Kier alpha value is -3.50. The van der Waals surface area contributed by atoms with Crippen LogP contribution >= 0.6 is 24.0 Å². The van der Waals surface area contributed by atoms with Crippen LogP contribution in [-0.4, -0.2) is 34.8 Å². The fraction of sp³-hybridized carbons (Fsp3) is 0.174. The van der Waals surface area contributed by atoms with Crippen LogP contribution in [0.1, 0.15) is 17.1 Å². The molecule has 0 unspecified atom stereocenters. The maximum Gasteiger partial charge on any atom is 0.266 e. The molecule has 33 heavy (non-hydrogen) atoms. The Morgan fingerprint density at radius 3 is 2.61 bits per heavy atom. The highest BCUT2D eigenvalue weighted by atomic mass is 32.2. The lowest BCUT2D eigenvalue weighted by Crippen LogP contribution is -2.28. The minimum absolute atomic E-state index is 0.179. The first-order valence-electron chi connectivity index (χ1n) is 9.91. The summed E-state index contributed by atoms with van der Waals surface area (Å²) in [6, 6.07) is 12.3. The van der Waals surface area contributed by atoms with Crippen molar-refractivity contribution in [3.05, 3.63) is 77.0 Å². The van der Waals surface area contributed by atoms with Crippen molar-refractivity contribution in [3.8, 4) is 11.5 Å². The first kappa shape index (κ1) is 22.7. The van der Waals surface area contributed by atoms with Gasteiger partial charge in [-0.2, -0.15) is 0 Å². The summed E-state index contributed by atoms with van der Waals surface area (Å²) in [5.41, 5.74) is 0.736. The van der Waals surface area contributed by atoms with E-state index in [9.17, 15) is 9.59 Å². The maximum absolute atomic E-state index is 12.8. The molecule has 1 saturated heterocycles. The lowest BCUT2D eigenvalue weighted by atomic mass is 10.2. The van der Waals surface area contributed by atoms with Gasteiger partial charge in [0.2, 0.25) is 0 Å². The van der Waals surface area contributed by atoms with E-state index in [-0.39, 0.29) is 31.5 Å². The van der Waals surface area contributed by atoms with Gasteiger partial charge in [0.05, 0.1) is 37.6 Å². The van der Waals surface area contributed by atoms with Crippen LogP contribution in [0.2, 0.25) is 0 Å². The van der Waals surface area contributed by atoms with E-state index >= 15 is 0 Å². The molecule has 1 aromatic carbocycles. The second kappa shape index (κ2) is 10.4. The number of furan rings is 2. The molecule has 0 bridgehead atoms. The smallest absolute Gasteiger partial charge is 0.266 e. The molecule has 1 aliphatic heterocycles. The van der Waals surface area contributed by atoms with Crippen LogP contribution in [0.5, 0.6) is 11.5 Å². The van der Waals surface area contributed by atoms with Gasteiger partial charge in [-0.25, -0.2) is 0 Å². The summed E-state index contributed by atoms with van der Waals surface area (Å²) < 4.78 is 22.0. The van der Waals surface area contributed by atoms with Crippen molar-refractivity contribution < 1.29 is 27.9 Å². The van der Waals surface area contributed by atoms with Crippen molar-refractivity contribution in [2.75, 3.05) is 13.7 Å². The van der Waals surface area contributed by atoms with Gasteiger partial charge < -0.3 is 23.6 Å². The van der Waals surface area contributed by atoms with Crippen LogP contribution in [0.3, 0.4) is 0 Å². The molecular weight excluding hydrogens is 464 g/mol. The van der Waals surface area contributed by atoms with E-state index in [4.69, 9.17) is 30.5 Å². The molecule has 10 heteroatoms. The molecule has 3 aromatic rings. The number of methoxy groups -OCH3 is 1. The topological polar surface area (TPSA) is 94.1 Å². The summed E-state index contributed by atoms with van der Waals surface area (Å²) in [6.07, 6.45) is 4.84. The first-order valence-corrected chi connectivity index (χ1v) is 11.1. The highest BCUT2D eigenvalue weighted by Crippen LogP contribution is 2.35. The molecule has 170 valence electrons. The standard InChI is InChI=1S/C23H20N2O6S2/c1-28-19-10-15(6-7-18(19)31-14-21(26)24-12-16-4-2-8-29-16)11-20-22(27)25(23(32)33-20)13-17-5-3-9-30-17/h2-11H,12-14H2,1H3,(H,24,26)/b20-11-. The second-order valence-electron chi connectivity index (χ2n) is 6.90. The van der Waals surface area contributed by atoms with Crippen LogP contribution < -0.4 is 14.8 Å². The molecule has 2 aromatic heterocycles. The maximum atomic E-state index is 12.8. The predicted octanol–water partition coefficient (Wildman–Crippen LogP) is 3.98. The Morgan fingerprint density at radius 2 is 1.91 bits per heavy atom. The van der Waals surface area contributed by atoms with Gasteiger partial charge in [-0.1, -0.05) is 30.0 Å². The van der Waals surface area contributed by atoms with Crippen molar-refractivity contribution in [2.45, 2.75) is 13.1 Å². The van der Waals surface area contributed by atoms with E-state index in [2.05, 4.69) is 5.32 Å². The number of carbonyl (C=O) groups excluding carboxylic acids is 2. The fourth-order valence-electron chi connectivity index (χ4n) is 3.03.